The highest BCUT2D eigenvalue weighted by molar-refractivity contribution is 7.91. The van der Waals surface area contributed by atoms with Crippen molar-refractivity contribution in [2.24, 2.45) is 0 Å². The van der Waals surface area contributed by atoms with Crippen LogP contribution in [0.25, 0.3) is 0 Å². The van der Waals surface area contributed by atoms with Crippen LogP contribution in [-0.2, 0) is 24.2 Å². The van der Waals surface area contributed by atoms with Gasteiger partial charge in [0.15, 0.2) is 9.84 Å². The van der Waals surface area contributed by atoms with E-state index in [2.05, 4.69) is 5.32 Å². The fourth-order valence-corrected chi connectivity index (χ4v) is 5.01. The van der Waals surface area contributed by atoms with Crippen molar-refractivity contribution in [3.05, 3.63) is 59.2 Å². The molecule has 1 heterocycles. The molecule has 1 N–H and O–H groups in total. The van der Waals surface area contributed by atoms with Crippen LogP contribution in [0.4, 0.5) is 5.69 Å². The Labute approximate surface area is 196 Å². The third-order valence-electron chi connectivity index (χ3n) is 5.98. The van der Waals surface area contributed by atoms with Crippen molar-refractivity contribution in [1.82, 2.24) is 4.90 Å². The number of sulfone groups is 1. The Bertz CT molecular complexity index is 1090. The van der Waals surface area contributed by atoms with Gasteiger partial charge in [-0.25, -0.2) is 8.42 Å². The molecule has 2 aromatic rings. The summed E-state index contributed by atoms with van der Waals surface area (Å²) in [6, 6.07) is 12.2. The number of benzene rings is 2. The number of nitrogens with one attached hydrogen (secondary N) is 1. The Morgan fingerprint density at radius 1 is 1.09 bits per heavy atom. The Morgan fingerprint density at radius 3 is 2.48 bits per heavy atom. The highest BCUT2D eigenvalue weighted by Gasteiger charge is 2.26. The minimum atomic E-state index is -3.60. The molecule has 178 valence electrons. The fraction of sp³-hybridized carbons (Fsp3) is 0.440. The second-order valence-corrected chi connectivity index (χ2v) is 10.7. The molecule has 0 bridgehead atoms. The van der Waals surface area contributed by atoms with Crippen LogP contribution in [0.2, 0.25) is 0 Å². The van der Waals surface area contributed by atoms with Crippen LogP contribution in [0.5, 0.6) is 0 Å². The van der Waals surface area contributed by atoms with Crippen LogP contribution in [0, 0.1) is 20.8 Å². The van der Waals surface area contributed by atoms with Gasteiger partial charge < -0.3 is 15.0 Å². The Kier molecular flexibility index (Phi) is 8.26. The lowest BCUT2D eigenvalue weighted by molar-refractivity contribution is -0.135. The Hall–Kier alpha value is -2.71. The molecule has 0 aromatic heterocycles. The van der Waals surface area contributed by atoms with E-state index in [4.69, 9.17) is 4.74 Å². The predicted octanol–water partition coefficient (Wildman–Crippen LogP) is 3.42. The Morgan fingerprint density at radius 2 is 1.82 bits per heavy atom. The Balaban J connectivity index is 1.67. The van der Waals surface area contributed by atoms with Crippen molar-refractivity contribution in [1.29, 1.82) is 0 Å². The summed E-state index contributed by atoms with van der Waals surface area (Å²) in [5.41, 5.74) is 3.68. The monoisotopic (exact) mass is 472 g/mol. The van der Waals surface area contributed by atoms with Crippen LogP contribution in [0.3, 0.4) is 0 Å². The van der Waals surface area contributed by atoms with Gasteiger partial charge in [-0.1, -0.05) is 29.8 Å². The number of hydrogen-bond acceptors (Lipinski definition) is 5. The first-order valence-electron chi connectivity index (χ1n) is 11.2. The van der Waals surface area contributed by atoms with Gasteiger partial charge in [0.1, 0.15) is 0 Å². The van der Waals surface area contributed by atoms with E-state index in [0.717, 1.165) is 29.5 Å². The van der Waals surface area contributed by atoms with Gasteiger partial charge in [-0.05, 0) is 62.9 Å². The molecule has 1 atom stereocenters. The molecule has 3 rings (SSSR count). The van der Waals surface area contributed by atoms with Crippen LogP contribution in [-0.4, -0.2) is 56.7 Å². The molecule has 1 aliphatic rings. The van der Waals surface area contributed by atoms with Gasteiger partial charge in [-0.2, -0.15) is 0 Å². The van der Waals surface area contributed by atoms with Gasteiger partial charge in [0.25, 0.3) is 0 Å². The molecular weight excluding hydrogens is 440 g/mol. The molecule has 1 saturated heterocycles. The molecule has 0 aliphatic carbocycles. The van der Waals surface area contributed by atoms with Crippen molar-refractivity contribution >= 4 is 27.3 Å². The number of anilines is 1. The van der Waals surface area contributed by atoms with Crippen LogP contribution in [0.1, 0.15) is 36.0 Å². The van der Waals surface area contributed by atoms with Gasteiger partial charge in [-0.15, -0.1) is 0 Å². The highest BCUT2D eigenvalue weighted by atomic mass is 32.2. The first-order chi connectivity index (χ1) is 15.7. The molecule has 7 nitrogen and oxygen atoms in total. The zero-order valence-electron chi connectivity index (χ0n) is 19.5. The number of hydrogen-bond donors (Lipinski definition) is 1. The summed E-state index contributed by atoms with van der Waals surface area (Å²) in [5.74, 6) is -1.01. The van der Waals surface area contributed by atoms with Gasteiger partial charge in [0.05, 0.1) is 23.3 Å². The normalized spacial score (nSPS) is 15.9. The quantitative estimate of drug-likeness (QED) is 0.604. The van der Waals surface area contributed by atoms with E-state index in [9.17, 15) is 18.0 Å². The van der Waals surface area contributed by atoms with Crippen LogP contribution < -0.4 is 5.32 Å². The van der Waals surface area contributed by atoms with E-state index in [1.807, 2.05) is 39.0 Å². The molecule has 1 unspecified atom stereocenters. The third kappa shape index (κ3) is 6.88. The summed E-state index contributed by atoms with van der Waals surface area (Å²) in [6.07, 6.45) is 1.38. The minimum Gasteiger partial charge on any atom is -0.376 e. The topological polar surface area (TPSA) is 92.8 Å². The average molecular weight is 473 g/mol. The molecule has 2 amide bonds. The molecule has 0 radical (unpaired) electrons. The molecule has 8 heteroatoms. The highest BCUT2D eigenvalue weighted by Crippen LogP contribution is 2.19. The summed E-state index contributed by atoms with van der Waals surface area (Å²) >= 11 is 0. The third-order valence-corrected chi connectivity index (χ3v) is 7.71. The summed E-state index contributed by atoms with van der Waals surface area (Å²) in [5, 5.41) is 2.87. The maximum atomic E-state index is 13.0. The van der Waals surface area contributed by atoms with E-state index < -0.39 is 9.84 Å². The molecule has 33 heavy (non-hydrogen) atoms. The van der Waals surface area contributed by atoms with E-state index in [1.54, 1.807) is 24.3 Å². The maximum Gasteiger partial charge on any atom is 0.244 e. The summed E-state index contributed by atoms with van der Waals surface area (Å²) in [4.78, 5) is 27.4. The zero-order chi connectivity index (χ0) is 24.0. The SMILES string of the molecule is Cc1ccc(S(=O)(=O)CCC(=O)N(CC(=O)Nc2cccc(C)c2C)CC2CCCO2)cc1. The van der Waals surface area contributed by atoms with Crippen molar-refractivity contribution in [3.8, 4) is 0 Å². The number of ether oxygens (including phenoxy) is 1. The summed E-state index contributed by atoms with van der Waals surface area (Å²) < 4.78 is 31.0. The minimum absolute atomic E-state index is 0.142. The average Bonchev–Trinajstić information content (AvgIpc) is 3.28. The standard InChI is InChI=1S/C25H32N2O5S/c1-18-9-11-22(12-10-18)33(30,31)15-13-25(29)27(16-21-7-5-14-32-21)17-24(28)26-23-8-4-6-19(2)20(23)3/h4,6,8-12,21H,5,7,13-17H2,1-3H3,(H,26,28). The molecular formula is C25H32N2O5S. The van der Waals surface area contributed by atoms with Gasteiger partial charge in [-0.3, -0.25) is 9.59 Å². The predicted molar refractivity (Wildman–Crippen MR) is 128 cm³/mol. The second-order valence-electron chi connectivity index (χ2n) is 8.59. The van der Waals surface area contributed by atoms with Crippen molar-refractivity contribution in [3.63, 3.8) is 0 Å². The molecule has 0 saturated carbocycles. The number of carbonyl (C=O) groups is 2. The summed E-state index contributed by atoms with van der Waals surface area (Å²) in [6.45, 7) is 6.51. The number of amides is 2. The van der Waals surface area contributed by atoms with Crippen LogP contribution >= 0.6 is 0 Å². The number of nitrogens with zero attached hydrogens (tertiary/aromatic N) is 1. The van der Waals surface area contributed by atoms with E-state index in [1.165, 1.54) is 4.90 Å². The van der Waals surface area contributed by atoms with Crippen LogP contribution in [0.15, 0.2) is 47.4 Å². The van der Waals surface area contributed by atoms with Gasteiger partial charge >= 0.3 is 0 Å². The first kappa shape index (κ1) is 24.9. The molecule has 1 aliphatic heterocycles. The fourth-order valence-electron chi connectivity index (χ4n) is 3.78. The lowest BCUT2D eigenvalue weighted by atomic mass is 10.1. The number of rotatable bonds is 9. The second kappa shape index (κ2) is 10.9. The van der Waals surface area contributed by atoms with E-state index in [-0.39, 0.29) is 48.1 Å². The lowest BCUT2D eigenvalue weighted by Gasteiger charge is -2.25. The number of aryl methyl sites for hydroxylation is 2. The first-order valence-corrected chi connectivity index (χ1v) is 12.9. The van der Waals surface area contributed by atoms with E-state index >= 15 is 0 Å². The van der Waals surface area contributed by atoms with Gasteiger partial charge in [0.2, 0.25) is 11.8 Å². The maximum absolute atomic E-state index is 13.0. The zero-order valence-corrected chi connectivity index (χ0v) is 20.3. The van der Waals surface area contributed by atoms with Crippen molar-refractivity contribution < 1.29 is 22.7 Å². The smallest absolute Gasteiger partial charge is 0.244 e. The summed E-state index contributed by atoms with van der Waals surface area (Å²) in [7, 11) is -3.60. The molecule has 2 aromatic carbocycles. The number of carbonyl (C=O) groups excluding carboxylic acids is 2. The lowest BCUT2D eigenvalue weighted by Crippen LogP contribution is -2.42. The van der Waals surface area contributed by atoms with Crippen molar-refractivity contribution in [2.45, 2.75) is 51.0 Å². The largest absolute Gasteiger partial charge is 0.376 e. The van der Waals surface area contributed by atoms with E-state index in [0.29, 0.717) is 12.3 Å². The van der Waals surface area contributed by atoms with Crippen molar-refractivity contribution in [2.75, 3.05) is 30.8 Å². The van der Waals surface area contributed by atoms with Gasteiger partial charge in [0, 0.05) is 25.3 Å². The molecule has 1 fully saturated rings. The molecule has 0 spiro atoms.